The average molecular weight is 263 g/mol. The van der Waals surface area contributed by atoms with Crippen LogP contribution in [0, 0.1) is 0 Å². The molecule has 0 amide bonds. The summed E-state index contributed by atoms with van der Waals surface area (Å²) in [5, 5.41) is 9.69. The molecule has 0 saturated carbocycles. The van der Waals surface area contributed by atoms with Gasteiger partial charge in [-0.05, 0) is 37.2 Å². The molecule has 0 bridgehead atoms. The van der Waals surface area contributed by atoms with Gasteiger partial charge in [-0.25, -0.2) is 9.97 Å². The Labute approximate surface area is 113 Å². The van der Waals surface area contributed by atoms with Crippen LogP contribution in [0.25, 0.3) is 0 Å². The SMILES string of the molecule is OC1CCCN(c2ncc(C3CCOCC3)cn2)C1. The minimum atomic E-state index is -0.243. The number of anilines is 1. The molecule has 1 atom stereocenters. The van der Waals surface area contributed by atoms with Crippen molar-refractivity contribution in [2.24, 2.45) is 0 Å². The number of piperidine rings is 1. The third-order valence-corrected chi connectivity index (χ3v) is 4.03. The smallest absolute Gasteiger partial charge is 0.225 e. The molecule has 2 saturated heterocycles. The topological polar surface area (TPSA) is 58.5 Å². The minimum Gasteiger partial charge on any atom is -0.391 e. The molecule has 2 aliphatic rings. The number of aliphatic hydroxyl groups is 1. The van der Waals surface area contributed by atoms with Crippen LogP contribution in [0.3, 0.4) is 0 Å². The summed E-state index contributed by atoms with van der Waals surface area (Å²) in [6.07, 6.45) is 7.66. The van der Waals surface area contributed by atoms with Crippen molar-refractivity contribution in [3.63, 3.8) is 0 Å². The van der Waals surface area contributed by atoms with E-state index >= 15 is 0 Å². The Morgan fingerprint density at radius 2 is 1.89 bits per heavy atom. The second-order valence-electron chi connectivity index (χ2n) is 5.45. The molecule has 2 aliphatic heterocycles. The Balaban J connectivity index is 1.67. The molecule has 3 rings (SSSR count). The van der Waals surface area contributed by atoms with Crippen molar-refractivity contribution in [1.82, 2.24) is 9.97 Å². The number of hydrogen-bond donors (Lipinski definition) is 1. The van der Waals surface area contributed by atoms with Gasteiger partial charge in [-0.1, -0.05) is 0 Å². The molecular weight excluding hydrogens is 242 g/mol. The van der Waals surface area contributed by atoms with Gasteiger partial charge < -0.3 is 14.7 Å². The molecule has 0 aliphatic carbocycles. The number of hydrogen-bond acceptors (Lipinski definition) is 5. The average Bonchev–Trinajstić information content (AvgIpc) is 2.48. The fraction of sp³-hybridized carbons (Fsp3) is 0.714. The van der Waals surface area contributed by atoms with Crippen LogP contribution >= 0.6 is 0 Å². The van der Waals surface area contributed by atoms with E-state index in [4.69, 9.17) is 4.74 Å². The summed E-state index contributed by atoms with van der Waals surface area (Å²) in [4.78, 5) is 11.0. The van der Waals surface area contributed by atoms with Crippen LogP contribution in [-0.2, 0) is 4.74 Å². The first kappa shape index (κ1) is 12.8. The van der Waals surface area contributed by atoms with Gasteiger partial charge in [0.15, 0.2) is 0 Å². The third kappa shape index (κ3) is 3.04. The number of nitrogens with zero attached hydrogens (tertiary/aromatic N) is 3. The van der Waals surface area contributed by atoms with Crippen LogP contribution in [0.15, 0.2) is 12.4 Å². The number of aliphatic hydroxyl groups excluding tert-OH is 1. The van der Waals surface area contributed by atoms with Gasteiger partial charge >= 0.3 is 0 Å². The highest BCUT2D eigenvalue weighted by Gasteiger charge is 2.21. The molecular formula is C14H21N3O2. The predicted molar refractivity (Wildman–Crippen MR) is 72.3 cm³/mol. The number of aromatic nitrogens is 2. The molecule has 1 aromatic rings. The summed E-state index contributed by atoms with van der Waals surface area (Å²) in [6.45, 7) is 3.26. The summed E-state index contributed by atoms with van der Waals surface area (Å²) in [5.74, 6) is 1.28. The van der Waals surface area contributed by atoms with Crippen LogP contribution in [0.2, 0.25) is 0 Å². The van der Waals surface area contributed by atoms with Crippen LogP contribution in [-0.4, -0.2) is 47.5 Å². The Morgan fingerprint density at radius 1 is 1.16 bits per heavy atom. The molecule has 104 valence electrons. The molecule has 1 N–H and O–H groups in total. The molecule has 2 fully saturated rings. The zero-order chi connectivity index (χ0) is 13.1. The Morgan fingerprint density at radius 3 is 2.58 bits per heavy atom. The van der Waals surface area contributed by atoms with E-state index in [2.05, 4.69) is 14.9 Å². The predicted octanol–water partition coefficient (Wildman–Crippen LogP) is 1.33. The van der Waals surface area contributed by atoms with Crippen LogP contribution < -0.4 is 4.90 Å². The highest BCUT2D eigenvalue weighted by molar-refractivity contribution is 5.31. The van der Waals surface area contributed by atoms with E-state index in [-0.39, 0.29) is 6.10 Å². The van der Waals surface area contributed by atoms with Gasteiger partial charge in [-0.15, -0.1) is 0 Å². The molecule has 0 radical (unpaired) electrons. The van der Waals surface area contributed by atoms with Gasteiger partial charge in [0, 0.05) is 38.7 Å². The molecule has 1 aromatic heterocycles. The first-order valence-electron chi connectivity index (χ1n) is 7.15. The van der Waals surface area contributed by atoms with Crippen molar-refractivity contribution in [3.05, 3.63) is 18.0 Å². The van der Waals surface area contributed by atoms with E-state index < -0.39 is 0 Å². The fourth-order valence-electron chi connectivity index (χ4n) is 2.87. The maximum absolute atomic E-state index is 9.69. The molecule has 0 spiro atoms. The van der Waals surface area contributed by atoms with Crippen molar-refractivity contribution >= 4 is 5.95 Å². The van der Waals surface area contributed by atoms with Crippen molar-refractivity contribution in [3.8, 4) is 0 Å². The summed E-state index contributed by atoms with van der Waals surface area (Å²) < 4.78 is 5.38. The van der Waals surface area contributed by atoms with Gasteiger partial charge in [-0.2, -0.15) is 0 Å². The maximum atomic E-state index is 9.69. The lowest BCUT2D eigenvalue weighted by Crippen LogP contribution is -2.39. The van der Waals surface area contributed by atoms with Crippen molar-refractivity contribution in [2.75, 3.05) is 31.2 Å². The standard InChI is InChI=1S/C14H21N3O2/c18-13-2-1-5-17(10-13)14-15-8-12(9-16-14)11-3-6-19-7-4-11/h8-9,11,13,18H,1-7,10H2. The maximum Gasteiger partial charge on any atom is 0.225 e. The Kier molecular flexibility index (Phi) is 3.94. The van der Waals surface area contributed by atoms with E-state index in [1.54, 1.807) is 0 Å². The van der Waals surface area contributed by atoms with Gasteiger partial charge in [0.2, 0.25) is 5.95 Å². The Hall–Kier alpha value is -1.20. The normalized spacial score (nSPS) is 25.5. The van der Waals surface area contributed by atoms with Crippen molar-refractivity contribution in [1.29, 1.82) is 0 Å². The van der Waals surface area contributed by atoms with E-state index in [1.807, 2.05) is 12.4 Å². The molecule has 5 nitrogen and oxygen atoms in total. The summed E-state index contributed by atoms with van der Waals surface area (Å²) in [6, 6.07) is 0. The lowest BCUT2D eigenvalue weighted by Gasteiger charge is -2.30. The van der Waals surface area contributed by atoms with E-state index in [9.17, 15) is 5.11 Å². The van der Waals surface area contributed by atoms with Gasteiger partial charge in [-0.3, -0.25) is 0 Å². The van der Waals surface area contributed by atoms with Gasteiger partial charge in [0.1, 0.15) is 0 Å². The summed E-state index contributed by atoms with van der Waals surface area (Å²) in [5.41, 5.74) is 1.21. The largest absolute Gasteiger partial charge is 0.391 e. The number of β-amino-alcohol motifs (C(OH)–C–C–N with tert-alkyl or cyclic N) is 1. The van der Waals surface area contributed by atoms with Crippen molar-refractivity contribution < 1.29 is 9.84 Å². The zero-order valence-electron chi connectivity index (χ0n) is 11.2. The summed E-state index contributed by atoms with van der Waals surface area (Å²) in [7, 11) is 0. The quantitative estimate of drug-likeness (QED) is 0.872. The van der Waals surface area contributed by atoms with Gasteiger partial charge in [0.05, 0.1) is 6.10 Å². The molecule has 0 aromatic carbocycles. The fourth-order valence-corrected chi connectivity index (χ4v) is 2.87. The van der Waals surface area contributed by atoms with E-state index in [0.29, 0.717) is 12.5 Å². The second kappa shape index (κ2) is 5.84. The first-order valence-corrected chi connectivity index (χ1v) is 7.15. The molecule has 5 heteroatoms. The number of rotatable bonds is 2. The molecule has 3 heterocycles. The van der Waals surface area contributed by atoms with Crippen LogP contribution in [0.4, 0.5) is 5.95 Å². The van der Waals surface area contributed by atoms with Crippen molar-refractivity contribution in [2.45, 2.75) is 37.7 Å². The summed E-state index contributed by atoms with van der Waals surface area (Å²) >= 11 is 0. The van der Waals surface area contributed by atoms with Crippen LogP contribution in [0.5, 0.6) is 0 Å². The first-order chi connectivity index (χ1) is 9.33. The zero-order valence-corrected chi connectivity index (χ0v) is 11.2. The van der Waals surface area contributed by atoms with Crippen LogP contribution in [0.1, 0.15) is 37.2 Å². The monoisotopic (exact) mass is 263 g/mol. The highest BCUT2D eigenvalue weighted by atomic mass is 16.5. The molecule has 19 heavy (non-hydrogen) atoms. The van der Waals surface area contributed by atoms with E-state index in [0.717, 1.165) is 51.4 Å². The third-order valence-electron chi connectivity index (χ3n) is 4.03. The van der Waals surface area contributed by atoms with Gasteiger partial charge in [0.25, 0.3) is 0 Å². The highest BCUT2D eigenvalue weighted by Crippen LogP contribution is 2.26. The molecule has 1 unspecified atom stereocenters. The number of ether oxygens (including phenoxy) is 1. The lowest BCUT2D eigenvalue weighted by atomic mass is 9.94. The van der Waals surface area contributed by atoms with E-state index in [1.165, 1.54) is 5.56 Å². The Bertz CT molecular complexity index is 404. The minimum absolute atomic E-state index is 0.243. The lowest BCUT2D eigenvalue weighted by molar-refractivity contribution is 0.0852. The second-order valence-corrected chi connectivity index (χ2v) is 5.45.